The number of nitrogens with two attached hydrogens (primary N) is 1. The Morgan fingerprint density at radius 1 is 1.40 bits per heavy atom. The normalized spacial score (nSPS) is 22.6. The number of aromatic nitrogens is 3. The molecule has 0 radical (unpaired) electrons. The molecule has 5 nitrogen and oxygen atoms in total. The van der Waals surface area contributed by atoms with Crippen molar-refractivity contribution >= 4 is 18.1 Å². The molecule has 1 atom stereocenters. The molecule has 1 aliphatic heterocycles. The minimum Gasteiger partial charge on any atom is -0.327 e. The van der Waals surface area contributed by atoms with Gasteiger partial charge < -0.3 is 5.73 Å². The fourth-order valence-electron chi connectivity index (χ4n) is 2.86. The van der Waals surface area contributed by atoms with Gasteiger partial charge in [0.15, 0.2) is 5.65 Å². The Balaban J connectivity index is 0.00000147. The standard InChI is InChI=1S/C14H21N5.ClH/c1-14(2)10-18(5-3-12(14)15)9-11-7-17-13-8-16-4-6-19(11)13;/h4,6-8,12H,3,5,9-10,15H2,1-2H3;1H. The van der Waals surface area contributed by atoms with E-state index in [0.717, 1.165) is 31.7 Å². The molecule has 0 aliphatic carbocycles. The van der Waals surface area contributed by atoms with E-state index in [1.54, 1.807) is 12.4 Å². The first-order valence-corrected chi connectivity index (χ1v) is 6.80. The van der Waals surface area contributed by atoms with E-state index in [1.165, 1.54) is 5.69 Å². The summed E-state index contributed by atoms with van der Waals surface area (Å²) in [7, 11) is 0. The van der Waals surface area contributed by atoms with Crippen LogP contribution >= 0.6 is 12.4 Å². The highest BCUT2D eigenvalue weighted by molar-refractivity contribution is 5.85. The zero-order chi connectivity index (χ0) is 13.5. The van der Waals surface area contributed by atoms with Gasteiger partial charge in [-0.1, -0.05) is 13.8 Å². The predicted octanol–water partition coefficient (Wildman–Crippen LogP) is 1.71. The Kier molecular flexibility index (Phi) is 4.32. The van der Waals surface area contributed by atoms with Crippen LogP contribution in [-0.4, -0.2) is 38.4 Å². The van der Waals surface area contributed by atoms with Gasteiger partial charge in [-0.3, -0.25) is 14.3 Å². The topological polar surface area (TPSA) is 59.5 Å². The average Bonchev–Trinajstić information content (AvgIpc) is 2.77. The van der Waals surface area contributed by atoms with Gasteiger partial charge in [-0.15, -0.1) is 12.4 Å². The highest BCUT2D eigenvalue weighted by Crippen LogP contribution is 2.28. The molecule has 2 aromatic rings. The molecule has 3 heterocycles. The molecule has 0 bridgehead atoms. The third-order valence-electron chi connectivity index (χ3n) is 4.17. The Morgan fingerprint density at radius 2 is 2.20 bits per heavy atom. The lowest BCUT2D eigenvalue weighted by atomic mass is 9.80. The maximum absolute atomic E-state index is 6.19. The van der Waals surface area contributed by atoms with Crippen LogP contribution in [0.3, 0.4) is 0 Å². The average molecular weight is 296 g/mol. The van der Waals surface area contributed by atoms with Crippen molar-refractivity contribution in [2.45, 2.75) is 32.9 Å². The zero-order valence-corrected chi connectivity index (χ0v) is 12.8. The van der Waals surface area contributed by atoms with Gasteiger partial charge in [0.1, 0.15) is 0 Å². The van der Waals surface area contributed by atoms with E-state index in [2.05, 4.69) is 33.1 Å². The van der Waals surface area contributed by atoms with Gasteiger partial charge in [-0.2, -0.15) is 0 Å². The fraction of sp³-hybridized carbons (Fsp3) is 0.571. The molecule has 110 valence electrons. The van der Waals surface area contributed by atoms with Crippen LogP contribution in [0.2, 0.25) is 0 Å². The lowest BCUT2D eigenvalue weighted by Gasteiger charge is -2.42. The maximum Gasteiger partial charge on any atom is 0.155 e. The minimum atomic E-state index is 0. The first-order valence-electron chi connectivity index (χ1n) is 6.80. The third-order valence-corrected chi connectivity index (χ3v) is 4.17. The number of rotatable bonds is 2. The molecular weight excluding hydrogens is 274 g/mol. The number of likely N-dealkylation sites (tertiary alicyclic amines) is 1. The van der Waals surface area contributed by atoms with E-state index in [4.69, 9.17) is 5.73 Å². The van der Waals surface area contributed by atoms with Crippen molar-refractivity contribution in [1.29, 1.82) is 0 Å². The molecule has 1 saturated heterocycles. The van der Waals surface area contributed by atoms with Crippen molar-refractivity contribution in [2.75, 3.05) is 13.1 Å². The van der Waals surface area contributed by atoms with Crippen molar-refractivity contribution in [2.24, 2.45) is 11.1 Å². The van der Waals surface area contributed by atoms with Crippen molar-refractivity contribution < 1.29 is 0 Å². The van der Waals surface area contributed by atoms with Gasteiger partial charge in [0.2, 0.25) is 0 Å². The molecule has 1 unspecified atom stereocenters. The number of fused-ring (bicyclic) bond motifs is 1. The summed E-state index contributed by atoms with van der Waals surface area (Å²) in [6.07, 6.45) is 8.57. The lowest BCUT2D eigenvalue weighted by Crippen LogP contribution is -2.52. The molecule has 2 aromatic heterocycles. The molecule has 20 heavy (non-hydrogen) atoms. The molecule has 0 spiro atoms. The summed E-state index contributed by atoms with van der Waals surface area (Å²) in [6.45, 7) is 7.52. The number of imidazole rings is 1. The molecule has 1 aliphatic rings. The first-order chi connectivity index (χ1) is 9.06. The van der Waals surface area contributed by atoms with Crippen LogP contribution in [0, 0.1) is 5.41 Å². The van der Waals surface area contributed by atoms with Crippen molar-refractivity contribution in [3.63, 3.8) is 0 Å². The molecule has 1 fully saturated rings. The third kappa shape index (κ3) is 2.80. The highest BCUT2D eigenvalue weighted by Gasteiger charge is 2.33. The summed E-state index contributed by atoms with van der Waals surface area (Å²) < 4.78 is 2.11. The van der Waals surface area contributed by atoms with Gasteiger partial charge in [0.25, 0.3) is 0 Å². The van der Waals surface area contributed by atoms with Gasteiger partial charge in [0, 0.05) is 38.1 Å². The molecule has 2 N–H and O–H groups in total. The van der Waals surface area contributed by atoms with Gasteiger partial charge in [0.05, 0.1) is 18.1 Å². The Labute approximate surface area is 125 Å². The van der Waals surface area contributed by atoms with Gasteiger partial charge >= 0.3 is 0 Å². The summed E-state index contributed by atoms with van der Waals surface area (Å²) >= 11 is 0. The second-order valence-electron chi connectivity index (χ2n) is 6.15. The smallest absolute Gasteiger partial charge is 0.155 e. The molecule has 3 rings (SSSR count). The van der Waals surface area contributed by atoms with E-state index in [1.807, 2.05) is 12.4 Å². The van der Waals surface area contributed by atoms with E-state index < -0.39 is 0 Å². The quantitative estimate of drug-likeness (QED) is 0.916. The molecule has 0 aromatic carbocycles. The lowest BCUT2D eigenvalue weighted by molar-refractivity contribution is 0.0887. The van der Waals surface area contributed by atoms with Crippen LogP contribution < -0.4 is 5.73 Å². The minimum absolute atomic E-state index is 0. The molecular formula is C14H22ClN5. The van der Waals surface area contributed by atoms with Crippen LogP contribution in [-0.2, 0) is 6.54 Å². The van der Waals surface area contributed by atoms with Crippen molar-refractivity contribution in [3.8, 4) is 0 Å². The summed E-state index contributed by atoms with van der Waals surface area (Å²) in [4.78, 5) is 10.9. The van der Waals surface area contributed by atoms with Crippen LogP contribution in [0.5, 0.6) is 0 Å². The second kappa shape index (κ2) is 5.68. The van der Waals surface area contributed by atoms with E-state index >= 15 is 0 Å². The number of piperidine rings is 1. The Bertz CT molecular complexity index is 580. The number of hydrogen-bond donors (Lipinski definition) is 1. The largest absolute Gasteiger partial charge is 0.327 e. The number of nitrogens with zero attached hydrogens (tertiary/aromatic N) is 4. The van der Waals surface area contributed by atoms with Crippen molar-refractivity contribution in [3.05, 3.63) is 30.5 Å². The van der Waals surface area contributed by atoms with E-state index in [9.17, 15) is 0 Å². The van der Waals surface area contributed by atoms with Gasteiger partial charge in [-0.25, -0.2) is 4.98 Å². The number of hydrogen-bond acceptors (Lipinski definition) is 4. The zero-order valence-electron chi connectivity index (χ0n) is 12.0. The monoisotopic (exact) mass is 295 g/mol. The summed E-state index contributed by atoms with van der Waals surface area (Å²) in [5.41, 5.74) is 8.49. The van der Waals surface area contributed by atoms with Gasteiger partial charge in [-0.05, 0) is 11.8 Å². The summed E-state index contributed by atoms with van der Waals surface area (Å²) in [6, 6.07) is 0.301. The SMILES string of the molecule is CC1(C)CN(Cc2cnc3cnccn23)CCC1N.Cl. The Hall–Kier alpha value is -1.17. The summed E-state index contributed by atoms with van der Waals surface area (Å²) in [5, 5.41) is 0. The predicted molar refractivity (Wildman–Crippen MR) is 81.9 cm³/mol. The van der Waals surface area contributed by atoms with Crippen LogP contribution in [0.15, 0.2) is 24.8 Å². The van der Waals surface area contributed by atoms with E-state index in [0.29, 0.717) is 6.04 Å². The molecule has 0 saturated carbocycles. The van der Waals surface area contributed by atoms with E-state index in [-0.39, 0.29) is 17.8 Å². The van der Waals surface area contributed by atoms with Crippen LogP contribution in [0.25, 0.3) is 5.65 Å². The second-order valence-corrected chi connectivity index (χ2v) is 6.15. The molecule has 6 heteroatoms. The van der Waals surface area contributed by atoms with Crippen molar-refractivity contribution in [1.82, 2.24) is 19.3 Å². The van der Waals surface area contributed by atoms with Crippen LogP contribution in [0.1, 0.15) is 26.0 Å². The first kappa shape index (κ1) is 15.2. The maximum atomic E-state index is 6.19. The highest BCUT2D eigenvalue weighted by atomic mass is 35.5. The molecule has 0 amide bonds. The fourth-order valence-corrected chi connectivity index (χ4v) is 2.86. The summed E-state index contributed by atoms with van der Waals surface area (Å²) in [5.74, 6) is 0. The number of halogens is 1. The van der Waals surface area contributed by atoms with Crippen LogP contribution in [0.4, 0.5) is 0 Å². The Morgan fingerprint density at radius 3 is 2.95 bits per heavy atom.